The van der Waals surface area contributed by atoms with E-state index >= 15 is 0 Å². The lowest BCUT2D eigenvalue weighted by atomic mass is 10.1. The fraction of sp³-hybridized carbons (Fsp3) is 0.571. The van der Waals surface area contributed by atoms with Gasteiger partial charge in [-0.15, -0.1) is 0 Å². The molecule has 0 aliphatic carbocycles. The van der Waals surface area contributed by atoms with E-state index in [-0.39, 0.29) is 0 Å². The molecule has 94 valence electrons. The van der Waals surface area contributed by atoms with Crippen molar-refractivity contribution in [2.24, 2.45) is 0 Å². The third kappa shape index (κ3) is 4.02. The number of morpholine rings is 1. The summed E-state index contributed by atoms with van der Waals surface area (Å²) in [4.78, 5) is 0. The second kappa shape index (κ2) is 6.03. The second-order valence-corrected chi connectivity index (χ2v) is 4.66. The first-order valence-electron chi connectivity index (χ1n) is 6.27. The molecule has 0 bridgehead atoms. The maximum absolute atomic E-state index is 5.76. The van der Waals surface area contributed by atoms with Crippen molar-refractivity contribution < 1.29 is 9.47 Å². The van der Waals surface area contributed by atoms with E-state index in [0.29, 0.717) is 6.10 Å². The number of hydrogen-bond donors (Lipinski definition) is 1. The average molecular weight is 235 g/mol. The first-order chi connectivity index (χ1) is 8.24. The molecule has 17 heavy (non-hydrogen) atoms. The molecule has 3 heteroatoms. The van der Waals surface area contributed by atoms with Gasteiger partial charge in [-0.2, -0.15) is 0 Å². The van der Waals surface area contributed by atoms with Gasteiger partial charge in [0.1, 0.15) is 5.75 Å². The normalized spacial score (nSPS) is 20.2. The quantitative estimate of drug-likeness (QED) is 0.866. The highest BCUT2D eigenvalue weighted by Crippen LogP contribution is 2.16. The van der Waals surface area contributed by atoms with Crippen molar-refractivity contribution in [3.63, 3.8) is 0 Å². The Labute approximate surface area is 103 Å². The SMILES string of the molecule is Cc1cc(C)cc(OCCC2CNCCO2)c1. The molecule has 1 unspecified atom stereocenters. The van der Waals surface area contributed by atoms with Gasteiger partial charge in [-0.25, -0.2) is 0 Å². The predicted molar refractivity (Wildman–Crippen MR) is 68.6 cm³/mol. The summed E-state index contributed by atoms with van der Waals surface area (Å²) in [5.74, 6) is 0.964. The highest BCUT2D eigenvalue weighted by molar-refractivity contribution is 5.32. The van der Waals surface area contributed by atoms with Gasteiger partial charge in [-0.1, -0.05) is 6.07 Å². The van der Waals surface area contributed by atoms with Crippen LogP contribution in [-0.4, -0.2) is 32.4 Å². The van der Waals surface area contributed by atoms with E-state index in [4.69, 9.17) is 9.47 Å². The monoisotopic (exact) mass is 235 g/mol. The van der Waals surface area contributed by atoms with Gasteiger partial charge in [0, 0.05) is 19.5 Å². The smallest absolute Gasteiger partial charge is 0.119 e. The third-order valence-corrected chi connectivity index (χ3v) is 2.91. The van der Waals surface area contributed by atoms with Crippen molar-refractivity contribution in [3.05, 3.63) is 29.3 Å². The zero-order valence-corrected chi connectivity index (χ0v) is 10.7. The number of rotatable bonds is 4. The summed E-state index contributed by atoms with van der Waals surface area (Å²) in [5, 5.41) is 3.32. The van der Waals surface area contributed by atoms with Crippen LogP contribution in [0, 0.1) is 13.8 Å². The number of benzene rings is 1. The van der Waals surface area contributed by atoms with Gasteiger partial charge in [0.05, 0.1) is 19.3 Å². The molecule has 0 aromatic heterocycles. The van der Waals surface area contributed by atoms with Crippen molar-refractivity contribution in [3.8, 4) is 5.75 Å². The summed E-state index contributed by atoms with van der Waals surface area (Å²) in [5.41, 5.74) is 2.49. The van der Waals surface area contributed by atoms with Crippen LogP contribution in [0.1, 0.15) is 17.5 Å². The molecule has 0 spiro atoms. The van der Waals surface area contributed by atoms with Gasteiger partial charge in [0.2, 0.25) is 0 Å². The van der Waals surface area contributed by atoms with Crippen LogP contribution in [0.15, 0.2) is 18.2 Å². The number of nitrogens with one attached hydrogen (secondary N) is 1. The van der Waals surface area contributed by atoms with Gasteiger partial charge in [0.25, 0.3) is 0 Å². The Morgan fingerprint density at radius 1 is 1.29 bits per heavy atom. The van der Waals surface area contributed by atoms with Gasteiger partial charge < -0.3 is 14.8 Å². The molecule has 1 heterocycles. The molecule has 2 rings (SSSR count). The summed E-state index contributed by atoms with van der Waals surface area (Å²) in [7, 11) is 0. The summed E-state index contributed by atoms with van der Waals surface area (Å²) >= 11 is 0. The zero-order chi connectivity index (χ0) is 12.1. The van der Waals surface area contributed by atoms with Gasteiger partial charge in [0.15, 0.2) is 0 Å². The zero-order valence-electron chi connectivity index (χ0n) is 10.7. The number of hydrogen-bond acceptors (Lipinski definition) is 3. The predicted octanol–water partition coefficient (Wildman–Crippen LogP) is 2.06. The van der Waals surface area contributed by atoms with Crippen LogP contribution in [0.2, 0.25) is 0 Å². The molecule has 1 saturated heterocycles. The van der Waals surface area contributed by atoms with Crippen LogP contribution >= 0.6 is 0 Å². The molecular formula is C14H21NO2. The average Bonchev–Trinajstić information content (AvgIpc) is 2.29. The van der Waals surface area contributed by atoms with E-state index in [9.17, 15) is 0 Å². The van der Waals surface area contributed by atoms with E-state index in [2.05, 4.69) is 37.4 Å². The van der Waals surface area contributed by atoms with Crippen molar-refractivity contribution in [1.82, 2.24) is 5.32 Å². The highest BCUT2D eigenvalue weighted by Gasteiger charge is 2.12. The lowest BCUT2D eigenvalue weighted by molar-refractivity contribution is 0.0159. The van der Waals surface area contributed by atoms with Gasteiger partial charge in [-0.3, -0.25) is 0 Å². The first kappa shape index (κ1) is 12.4. The van der Waals surface area contributed by atoms with Crippen molar-refractivity contribution in [2.45, 2.75) is 26.4 Å². The van der Waals surface area contributed by atoms with E-state index in [1.807, 2.05) is 0 Å². The van der Waals surface area contributed by atoms with Crippen molar-refractivity contribution in [1.29, 1.82) is 0 Å². The molecular weight excluding hydrogens is 214 g/mol. The summed E-state index contributed by atoms with van der Waals surface area (Å²) < 4.78 is 11.4. The van der Waals surface area contributed by atoms with E-state index < -0.39 is 0 Å². The third-order valence-electron chi connectivity index (χ3n) is 2.91. The van der Waals surface area contributed by atoms with Gasteiger partial charge in [-0.05, 0) is 37.1 Å². The van der Waals surface area contributed by atoms with Crippen molar-refractivity contribution in [2.75, 3.05) is 26.3 Å². The molecule has 0 saturated carbocycles. The Kier molecular flexibility index (Phi) is 4.40. The Morgan fingerprint density at radius 2 is 2.06 bits per heavy atom. The standard InChI is InChI=1S/C14H21NO2/c1-11-7-12(2)9-14(8-11)16-5-3-13-10-15-4-6-17-13/h7-9,13,15H,3-6,10H2,1-2H3. The summed E-state index contributed by atoms with van der Waals surface area (Å²) in [6.07, 6.45) is 1.25. The molecule has 3 nitrogen and oxygen atoms in total. The molecule has 1 atom stereocenters. The van der Waals surface area contributed by atoms with Crippen LogP contribution in [-0.2, 0) is 4.74 Å². The van der Waals surface area contributed by atoms with Crippen LogP contribution in [0.25, 0.3) is 0 Å². The van der Waals surface area contributed by atoms with Crippen LogP contribution in [0.5, 0.6) is 5.75 Å². The molecule has 1 aliphatic rings. The Balaban J connectivity index is 1.77. The Morgan fingerprint density at radius 3 is 2.71 bits per heavy atom. The maximum atomic E-state index is 5.76. The van der Waals surface area contributed by atoms with Crippen LogP contribution in [0.4, 0.5) is 0 Å². The first-order valence-corrected chi connectivity index (χ1v) is 6.27. The Hall–Kier alpha value is -1.06. The fourth-order valence-corrected chi connectivity index (χ4v) is 2.13. The van der Waals surface area contributed by atoms with Gasteiger partial charge >= 0.3 is 0 Å². The largest absolute Gasteiger partial charge is 0.493 e. The second-order valence-electron chi connectivity index (χ2n) is 4.66. The number of aryl methyl sites for hydroxylation is 2. The maximum Gasteiger partial charge on any atom is 0.119 e. The molecule has 1 fully saturated rings. The Bertz CT molecular complexity index is 339. The minimum atomic E-state index is 0.301. The van der Waals surface area contributed by atoms with Crippen LogP contribution < -0.4 is 10.1 Å². The molecule has 0 radical (unpaired) electrons. The fourth-order valence-electron chi connectivity index (χ4n) is 2.13. The number of ether oxygens (including phenoxy) is 2. The molecule has 1 aliphatic heterocycles. The molecule has 0 amide bonds. The molecule has 1 N–H and O–H groups in total. The molecule has 1 aromatic rings. The minimum Gasteiger partial charge on any atom is -0.493 e. The van der Waals surface area contributed by atoms with E-state index in [0.717, 1.165) is 38.5 Å². The highest BCUT2D eigenvalue weighted by atomic mass is 16.5. The van der Waals surface area contributed by atoms with E-state index in [1.165, 1.54) is 11.1 Å². The minimum absolute atomic E-state index is 0.301. The topological polar surface area (TPSA) is 30.5 Å². The van der Waals surface area contributed by atoms with Crippen LogP contribution in [0.3, 0.4) is 0 Å². The van der Waals surface area contributed by atoms with Crippen molar-refractivity contribution >= 4 is 0 Å². The summed E-state index contributed by atoms with van der Waals surface area (Å²) in [6.45, 7) is 7.62. The lowest BCUT2D eigenvalue weighted by Gasteiger charge is -2.23. The molecule has 1 aromatic carbocycles. The summed E-state index contributed by atoms with van der Waals surface area (Å²) in [6, 6.07) is 6.31. The van der Waals surface area contributed by atoms with E-state index in [1.54, 1.807) is 0 Å². The lowest BCUT2D eigenvalue weighted by Crippen LogP contribution is -2.39.